The van der Waals surface area contributed by atoms with Crippen molar-refractivity contribution in [1.29, 1.82) is 0 Å². The van der Waals surface area contributed by atoms with E-state index in [1.807, 2.05) is 18.2 Å². The molecule has 100 valence electrons. The van der Waals surface area contributed by atoms with Crippen molar-refractivity contribution in [3.05, 3.63) is 63.6 Å². The monoisotopic (exact) mass is 293 g/mol. The van der Waals surface area contributed by atoms with Crippen molar-refractivity contribution in [2.75, 3.05) is 5.32 Å². The third kappa shape index (κ3) is 3.89. The molecule has 0 fully saturated rings. The molecule has 0 aliphatic carbocycles. The maximum absolute atomic E-state index is 6.14. The first-order valence-corrected chi connectivity index (χ1v) is 7.22. The molecule has 0 aromatic heterocycles. The van der Waals surface area contributed by atoms with Crippen LogP contribution in [0.5, 0.6) is 0 Å². The second-order valence-corrected chi connectivity index (χ2v) is 5.32. The number of rotatable bonds is 5. The lowest BCUT2D eigenvalue weighted by atomic mass is 10.1. The minimum absolute atomic E-state index is 0.631. The van der Waals surface area contributed by atoms with E-state index in [4.69, 9.17) is 23.2 Å². The molecule has 2 aromatic rings. The van der Waals surface area contributed by atoms with Gasteiger partial charge in [0.05, 0.1) is 0 Å². The van der Waals surface area contributed by atoms with Crippen molar-refractivity contribution < 1.29 is 0 Å². The molecule has 3 heteroatoms. The van der Waals surface area contributed by atoms with Gasteiger partial charge in [0.25, 0.3) is 0 Å². The number of hydrogen-bond donors (Lipinski definition) is 1. The normalized spacial score (nSPS) is 10.5. The van der Waals surface area contributed by atoms with Crippen molar-refractivity contribution in [2.24, 2.45) is 0 Å². The van der Waals surface area contributed by atoms with Crippen LogP contribution in [0.25, 0.3) is 0 Å². The summed E-state index contributed by atoms with van der Waals surface area (Å²) >= 11 is 12.3. The Morgan fingerprint density at radius 1 is 0.947 bits per heavy atom. The molecule has 0 aliphatic heterocycles. The van der Waals surface area contributed by atoms with Crippen LogP contribution in [0.3, 0.4) is 0 Å². The number of anilines is 1. The zero-order valence-corrected chi connectivity index (χ0v) is 12.4. The number of benzene rings is 2. The fourth-order valence-corrected chi connectivity index (χ4v) is 2.50. The van der Waals surface area contributed by atoms with Gasteiger partial charge in [-0.05, 0) is 36.2 Å². The molecule has 2 rings (SSSR count). The topological polar surface area (TPSA) is 12.0 Å². The summed E-state index contributed by atoms with van der Waals surface area (Å²) in [5.74, 6) is 0. The van der Waals surface area contributed by atoms with Crippen LogP contribution in [0.4, 0.5) is 5.69 Å². The molecule has 0 spiro atoms. The lowest BCUT2D eigenvalue weighted by Crippen LogP contribution is -2.01. The first-order chi connectivity index (χ1) is 9.20. The Morgan fingerprint density at radius 2 is 1.58 bits per heavy atom. The smallest absolute Gasteiger partial charge is 0.0470 e. The van der Waals surface area contributed by atoms with Crippen molar-refractivity contribution >= 4 is 28.9 Å². The lowest BCUT2D eigenvalue weighted by molar-refractivity contribution is 0.922. The molecule has 0 unspecified atom stereocenters. The Kier molecular flexibility index (Phi) is 5.12. The van der Waals surface area contributed by atoms with Gasteiger partial charge in [0.15, 0.2) is 0 Å². The second-order valence-electron chi connectivity index (χ2n) is 4.50. The summed E-state index contributed by atoms with van der Waals surface area (Å²) in [7, 11) is 0. The third-order valence-corrected chi connectivity index (χ3v) is 3.73. The first kappa shape index (κ1) is 14.2. The zero-order valence-electron chi connectivity index (χ0n) is 10.9. The minimum Gasteiger partial charge on any atom is -0.381 e. The van der Waals surface area contributed by atoms with Crippen LogP contribution >= 0.6 is 23.2 Å². The highest BCUT2D eigenvalue weighted by Crippen LogP contribution is 2.25. The summed E-state index contributed by atoms with van der Waals surface area (Å²) in [6.07, 6.45) is 2.29. The summed E-state index contributed by atoms with van der Waals surface area (Å²) < 4.78 is 0. The van der Waals surface area contributed by atoms with Gasteiger partial charge in [-0.15, -0.1) is 0 Å². The van der Waals surface area contributed by atoms with Gasteiger partial charge < -0.3 is 5.32 Å². The van der Waals surface area contributed by atoms with E-state index < -0.39 is 0 Å². The second kappa shape index (κ2) is 6.83. The molecule has 0 atom stereocenters. The van der Waals surface area contributed by atoms with Crippen LogP contribution in [-0.2, 0) is 13.0 Å². The Bertz CT molecular complexity index is 515. The third-order valence-electron chi connectivity index (χ3n) is 3.02. The van der Waals surface area contributed by atoms with Crippen LogP contribution in [0.15, 0.2) is 42.5 Å². The molecule has 1 N–H and O–H groups in total. The molecule has 19 heavy (non-hydrogen) atoms. The van der Waals surface area contributed by atoms with Crippen LogP contribution in [0.2, 0.25) is 10.0 Å². The van der Waals surface area contributed by atoms with Gasteiger partial charge in [0.1, 0.15) is 0 Å². The molecule has 0 radical (unpaired) electrons. The first-order valence-electron chi connectivity index (χ1n) is 6.46. The Morgan fingerprint density at radius 3 is 2.16 bits per heavy atom. The van der Waals surface area contributed by atoms with E-state index in [0.717, 1.165) is 17.7 Å². The number of hydrogen-bond acceptors (Lipinski definition) is 1. The Labute approximate surface area is 124 Å². The van der Waals surface area contributed by atoms with E-state index >= 15 is 0 Å². The Balaban J connectivity index is 2.02. The summed E-state index contributed by atoms with van der Waals surface area (Å²) in [5.41, 5.74) is 3.38. The van der Waals surface area contributed by atoms with E-state index in [9.17, 15) is 0 Å². The molecule has 0 saturated heterocycles. The predicted octanol–water partition coefficient (Wildman–Crippen LogP) is 5.56. The van der Waals surface area contributed by atoms with Crippen molar-refractivity contribution in [2.45, 2.75) is 26.3 Å². The van der Waals surface area contributed by atoms with Gasteiger partial charge in [-0.2, -0.15) is 0 Å². The quantitative estimate of drug-likeness (QED) is 0.761. The molecule has 0 amide bonds. The van der Waals surface area contributed by atoms with Gasteiger partial charge in [0.2, 0.25) is 0 Å². The van der Waals surface area contributed by atoms with Gasteiger partial charge in [-0.3, -0.25) is 0 Å². The standard InChI is InChI=1S/C16H17Cl2N/c1-2-4-12-7-9-13(10-8-12)19-11-14-15(17)5-3-6-16(14)18/h3,5-10,19H,2,4,11H2,1H3. The number of nitrogens with one attached hydrogen (secondary N) is 1. The van der Waals surface area contributed by atoms with Gasteiger partial charge in [-0.25, -0.2) is 0 Å². The average Bonchev–Trinajstić information content (AvgIpc) is 2.40. The highest BCUT2D eigenvalue weighted by Gasteiger charge is 2.04. The van der Waals surface area contributed by atoms with Crippen molar-refractivity contribution in [1.82, 2.24) is 0 Å². The van der Waals surface area contributed by atoms with E-state index in [1.165, 1.54) is 12.0 Å². The maximum atomic E-state index is 6.14. The highest BCUT2D eigenvalue weighted by molar-refractivity contribution is 6.36. The fraction of sp³-hybridized carbons (Fsp3) is 0.250. The maximum Gasteiger partial charge on any atom is 0.0470 e. The molecular formula is C16H17Cl2N. The van der Waals surface area contributed by atoms with Crippen molar-refractivity contribution in [3.8, 4) is 0 Å². The van der Waals surface area contributed by atoms with Crippen LogP contribution < -0.4 is 5.32 Å². The van der Waals surface area contributed by atoms with Crippen molar-refractivity contribution in [3.63, 3.8) is 0 Å². The van der Waals surface area contributed by atoms with E-state index in [-0.39, 0.29) is 0 Å². The highest BCUT2D eigenvalue weighted by atomic mass is 35.5. The number of aryl methyl sites for hydroxylation is 1. The van der Waals surface area contributed by atoms with Gasteiger partial charge >= 0.3 is 0 Å². The van der Waals surface area contributed by atoms with Crippen LogP contribution in [-0.4, -0.2) is 0 Å². The molecule has 0 heterocycles. The summed E-state index contributed by atoms with van der Waals surface area (Å²) in [6.45, 7) is 2.82. The lowest BCUT2D eigenvalue weighted by Gasteiger charge is -2.10. The summed E-state index contributed by atoms with van der Waals surface area (Å²) in [5, 5.41) is 4.74. The van der Waals surface area contributed by atoms with Gasteiger partial charge in [0, 0.05) is 27.8 Å². The molecule has 2 aromatic carbocycles. The fourth-order valence-electron chi connectivity index (χ4n) is 1.97. The molecule has 0 saturated carbocycles. The molecule has 0 bridgehead atoms. The largest absolute Gasteiger partial charge is 0.381 e. The van der Waals surface area contributed by atoms with E-state index in [1.54, 1.807) is 0 Å². The SMILES string of the molecule is CCCc1ccc(NCc2c(Cl)cccc2Cl)cc1. The Hall–Kier alpha value is -1.18. The van der Waals surface area contributed by atoms with E-state index in [2.05, 4.69) is 36.5 Å². The molecular weight excluding hydrogens is 277 g/mol. The van der Waals surface area contributed by atoms with E-state index in [0.29, 0.717) is 16.6 Å². The van der Waals surface area contributed by atoms with Crippen LogP contribution in [0.1, 0.15) is 24.5 Å². The van der Waals surface area contributed by atoms with Crippen LogP contribution in [0, 0.1) is 0 Å². The minimum atomic E-state index is 0.631. The predicted molar refractivity (Wildman–Crippen MR) is 84.2 cm³/mol. The average molecular weight is 294 g/mol. The molecule has 0 aliphatic rings. The molecule has 1 nitrogen and oxygen atoms in total. The summed E-state index contributed by atoms with van der Waals surface area (Å²) in [6, 6.07) is 14.1. The summed E-state index contributed by atoms with van der Waals surface area (Å²) in [4.78, 5) is 0. The number of halogens is 2. The van der Waals surface area contributed by atoms with Gasteiger partial charge in [-0.1, -0.05) is 54.7 Å². The zero-order chi connectivity index (χ0) is 13.7.